The Balaban J connectivity index is 1.62. The first-order chi connectivity index (χ1) is 11.1. The maximum absolute atomic E-state index is 12.5. The fourth-order valence-electron chi connectivity index (χ4n) is 2.67. The minimum absolute atomic E-state index is 0.179. The van der Waals surface area contributed by atoms with Crippen LogP contribution in [0.2, 0.25) is 5.02 Å². The van der Waals surface area contributed by atoms with Crippen molar-refractivity contribution < 1.29 is 9.59 Å². The fraction of sp³-hybridized carbons (Fsp3) is 0.294. The number of rotatable bonds is 5. The summed E-state index contributed by atoms with van der Waals surface area (Å²) in [5, 5.41) is 5.85. The summed E-state index contributed by atoms with van der Waals surface area (Å²) in [7, 11) is 0. The molecule has 2 aromatic rings. The number of carbonyl (C=O) groups excluding carboxylic acids is 2. The molecule has 2 heterocycles. The predicted octanol–water partition coefficient (Wildman–Crippen LogP) is 3.17. The van der Waals surface area contributed by atoms with Gasteiger partial charge in [-0.2, -0.15) is 0 Å². The summed E-state index contributed by atoms with van der Waals surface area (Å²) in [6.07, 6.45) is 1.06. The molecular formula is C17H17ClN2O2S. The van der Waals surface area contributed by atoms with Gasteiger partial charge in [0.2, 0.25) is 5.91 Å². The van der Waals surface area contributed by atoms with Crippen LogP contribution in [0.5, 0.6) is 0 Å². The van der Waals surface area contributed by atoms with Gasteiger partial charge in [-0.15, -0.1) is 11.3 Å². The number of amides is 2. The summed E-state index contributed by atoms with van der Waals surface area (Å²) in [5.41, 5.74) is 1.84. The molecule has 2 amide bonds. The van der Waals surface area contributed by atoms with Crippen LogP contribution in [0, 0.1) is 6.92 Å². The Labute approximate surface area is 144 Å². The molecule has 1 aliphatic heterocycles. The van der Waals surface area contributed by atoms with Crippen LogP contribution in [0.3, 0.4) is 0 Å². The van der Waals surface area contributed by atoms with Crippen LogP contribution in [0.1, 0.15) is 16.9 Å². The number of nitrogens with zero attached hydrogens (tertiary/aromatic N) is 1. The van der Waals surface area contributed by atoms with Crippen molar-refractivity contribution in [3.8, 4) is 0 Å². The van der Waals surface area contributed by atoms with E-state index < -0.39 is 6.04 Å². The molecule has 1 aromatic carbocycles. The highest BCUT2D eigenvalue weighted by molar-refractivity contribution is 7.10. The van der Waals surface area contributed by atoms with Crippen LogP contribution >= 0.6 is 22.9 Å². The molecule has 4 nitrogen and oxygen atoms in total. The first kappa shape index (κ1) is 16.2. The lowest BCUT2D eigenvalue weighted by molar-refractivity contribution is -0.121. The molecule has 1 N–H and O–H groups in total. The summed E-state index contributed by atoms with van der Waals surface area (Å²) in [6, 6.07) is 8.38. The molecule has 0 aliphatic carbocycles. The first-order valence-electron chi connectivity index (χ1n) is 7.45. The molecule has 0 unspecified atom stereocenters. The molecule has 0 spiro atoms. The van der Waals surface area contributed by atoms with Crippen LogP contribution in [-0.4, -0.2) is 24.4 Å². The molecule has 0 bridgehead atoms. The van der Waals surface area contributed by atoms with Gasteiger partial charge in [-0.3, -0.25) is 9.59 Å². The van der Waals surface area contributed by atoms with E-state index in [0.29, 0.717) is 17.3 Å². The van der Waals surface area contributed by atoms with Crippen molar-refractivity contribution in [3.05, 3.63) is 51.2 Å². The molecule has 6 heteroatoms. The lowest BCUT2D eigenvalue weighted by Gasteiger charge is -2.15. The number of nitrogens with one attached hydrogen (secondary N) is 1. The van der Waals surface area contributed by atoms with E-state index in [1.165, 1.54) is 15.3 Å². The molecule has 0 saturated carbocycles. The second-order valence-corrected chi connectivity index (χ2v) is 6.97. The van der Waals surface area contributed by atoms with Gasteiger partial charge in [-0.05, 0) is 54.6 Å². The molecule has 120 valence electrons. The molecule has 1 aliphatic rings. The summed E-state index contributed by atoms with van der Waals surface area (Å²) in [6.45, 7) is 2.76. The lowest BCUT2D eigenvalue weighted by Crippen LogP contribution is -2.39. The number of imide groups is 1. The maximum atomic E-state index is 12.5. The van der Waals surface area contributed by atoms with E-state index in [-0.39, 0.29) is 18.2 Å². The van der Waals surface area contributed by atoms with E-state index in [0.717, 1.165) is 6.42 Å². The Hall–Kier alpha value is -1.69. The number of anilines is 1. The monoisotopic (exact) mass is 348 g/mol. The Morgan fingerprint density at radius 2 is 2.00 bits per heavy atom. The first-order valence-corrected chi connectivity index (χ1v) is 8.71. The molecule has 23 heavy (non-hydrogen) atoms. The van der Waals surface area contributed by atoms with Gasteiger partial charge in [0, 0.05) is 16.4 Å². The van der Waals surface area contributed by atoms with Gasteiger partial charge in [0.1, 0.15) is 0 Å². The van der Waals surface area contributed by atoms with Crippen molar-refractivity contribution in [2.75, 3.05) is 11.4 Å². The zero-order chi connectivity index (χ0) is 16.4. The maximum Gasteiger partial charge on any atom is 0.251 e. The van der Waals surface area contributed by atoms with Gasteiger partial charge in [0.15, 0.2) is 0 Å². The fourth-order valence-corrected chi connectivity index (χ4v) is 3.71. The number of carbonyl (C=O) groups is 2. The number of hydrogen-bond acceptors (Lipinski definition) is 4. The highest BCUT2D eigenvalue weighted by Crippen LogP contribution is 2.24. The van der Waals surface area contributed by atoms with Crippen LogP contribution in [-0.2, 0) is 16.0 Å². The third kappa shape index (κ3) is 3.47. The van der Waals surface area contributed by atoms with E-state index in [1.807, 2.05) is 0 Å². The Morgan fingerprint density at radius 1 is 1.26 bits per heavy atom. The highest BCUT2D eigenvalue weighted by atomic mass is 35.5. The largest absolute Gasteiger partial charge is 0.305 e. The topological polar surface area (TPSA) is 49.4 Å². The van der Waals surface area contributed by atoms with Crippen LogP contribution in [0.25, 0.3) is 0 Å². The normalized spacial score (nSPS) is 18.0. The average Bonchev–Trinajstić information content (AvgIpc) is 3.05. The van der Waals surface area contributed by atoms with Crippen molar-refractivity contribution in [2.45, 2.75) is 25.8 Å². The Morgan fingerprint density at radius 3 is 2.65 bits per heavy atom. The lowest BCUT2D eigenvalue weighted by atomic mass is 10.2. The van der Waals surface area contributed by atoms with Crippen LogP contribution < -0.4 is 10.2 Å². The highest BCUT2D eigenvalue weighted by Gasteiger charge is 2.39. The average molecular weight is 349 g/mol. The van der Waals surface area contributed by atoms with Gasteiger partial charge in [-0.1, -0.05) is 11.6 Å². The predicted molar refractivity (Wildman–Crippen MR) is 93.1 cm³/mol. The third-order valence-corrected chi connectivity index (χ3v) is 5.28. The van der Waals surface area contributed by atoms with Crippen molar-refractivity contribution in [2.24, 2.45) is 0 Å². The van der Waals surface area contributed by atoms with E-state index in [4.69, 9.17) is 11.6 Å². The minimum Gasteiger partial charge on any atom is -0.305 e. The number of benzene rings is 1. The summed E-state index contributed by atoms with van der Waals surface area (Å²) < 4.78 is 0. The molecule has 3 rings (SSSR count). The van der Waals surface area contributed by atoms with Gasteiger partial charge in [-0.25, -0.2) is 4.90 Å². The number of hydrogen-bond donors (Lipinski definition) is 1. The van der Waals surface area contributed by atoms with E-state index in [2.05, 4.69) is 23.7 Å². The van der Waals surface area contributed by atoms with Gasteiger partial charge in [0.05, 0.1) is 18.2 Å². The van der Waals surface area contributed by atoms with E-state index in [9.17, 15) is 9.59 Å². The quantitative estimate of drug-likeness (QED) is 0.844. The summed E-state index contributed by atoms with van der Waals surface area (Å²) >= 11 is 7.57. The van der Waals surface area contributed by atoms with Crippen molar-refractivity contribution >= 4 is 40.4 Å². The Bertz CT molecular complexity index is 726. The zero-order valence-corrected chi connectivity index (χ0v) is 14.3. The minimum atomic E-state index is -0.446. The van der Waals surface area contributed by atoms with Crippen molar-refractivity contribution in [1.29, 1.82) is 0 Å². The number of aryl methyl sites for hydroxylation is 1. The smallest absolute Gasteiger partial charge is 0.251 e. The zero-order valence-electron chi connectivity index (χ0n) is 12.7. The van der Waals surface area contributed by atoms with Crippen LogP contribution in [0.15, 0.2) is 35.7 Å². The molecule has 0 radical (unpaired) electrons. The van der Waals surface area contributed by atoms with Crippen LogP contribution in [0.4, 0.5) is 5.69 Å². The molecule has 1 saturated heterocycles. The third-order valence-electron chi connectivity index (χ3n) is 3.94. The van der Waals surface area contributed by atoms with E-state index in [1.54, 1.807) is 35.6 Å². The van der Waals surface area contributed by atoms with Gasteiger partial charge >= 0.3 is 0 Å². The van der Waals surface area contributed by atoms with Crippen molar-refractivity contribution in [3.63, 3.8) is 0 Å². The van der Waals surface area contributed by atoms with E-state index >= 15 is 0 Å². The number of halogens is 1. The Kier molecular flexibility index (Phi) is 4.80. The van der Waals surface area contributed by atoms with Gasteiger partial charge < -0.3 is 5.32 Å². The number of thiophene rings is 1. The van der Waals surface area contributed by atoms with Crippen molar-refractivity contribution in [1.82, 2.24) is 5.32 Å². The van der Waals surface area contributed by atoms with Gasteiger partial charge in [0.25, 0.3) is 5.91 Å². The molecule has 1 fully saturated rings. The molecule has 1 aromatic heterocycles. The summed E-state index contributed by atoms with van der Waals surface area (Å²) in [5.74, 6) is -0.373. The molecular weight excluding hydrogens is 332 g/mol. The molecule has 1 atom stereocenters. The SMILES string of the molecule is Cc1ccsc1CCN[C@@H]1CC(=O)N(c2ccc(Cl)cc2)C1=O. The second kappa shape index (κ2) is 6.83. The second-order valence-electron chi connectivity index (χ2n) is 5.53. The standard InChI is InChI=1S/C17H17ClN2O2S/c1-11-7-9-23-15(11)6-8-19-14-10-16(21)20(17(14)22)13-4-2-12(18)3-5-13/h2-5,7,9,14,19H,6,8,10H2,1H3/t14-/m1/s1. The summed E-state index contributed by atoms with van der Waals surface area (Å²) in [4.78, 5) is 27.2.